The van der Waals surface area contributed by atoms with Crippen LogP contribution in [0.25, 0.3) is 10.6 Å². The van der Waals surface area contributed by atoms with Gasteiger partial charge in [0.2, 0.25) is 5.95 Å². The molecule has 7 heteroatoms. The van der Waals surface area contributed by atoms with Crippen molar-refractivity contribution < 1.29 is 5.11 Å². The number of anilines is 2. The fourth-order valence-electron chi connectivity index (χ4n) is 3.39. The van der Waals surface area contributed by atoms with Gasteiger partial charge >= 0.3 is 0 Å². The van der Waals surface area contributed by atoms with Crippen LogP contribution in [0.15, 0.2) is 42.6 Å². The van der Waals surface area contributed by atoms with Gasteiger partial charge in [-0.15, -0.1) is 11.3 Å². The Morgan fingerprint density at radius 2 is 1.85 bits per heavy atom. The Morgan fingerprint density at radius 1 is 1.07 bits per heavy atom. The average Bonchev–Trinajstić information content (AvgIpc) is 3.11. The number of piperidine rings is 1. The van der Waals surface area contributed by atoms with E-state index in [1.54, 1.807) is 6.20 Å². The normalized spacial score (nSPS) is 15.0. The standard InChI is InChI=1S/C20H23N5OS/c1-15-19(27-18(14-26)22-15)17-10-11-21-20(23-17)25(16-8-4-2-5-9-16)24-12-6-3-7-13-24/h2,4-5,8-11,26H,3,6-7,12-14H2,1H3. The van der Waals surface area contributed by atoms with Crippen LogP contribution < -0.4 is 5.01 Å². The molecule has 3 heterocycles. The third-order valence-corrected chi connectivity index (χ3v) is 5.82. The summed E-state index contributed by atoms with van der Waals surface area (Å²) in [7, 11) is 0. The van der Waals surface area contributed by atoms with E-state index in [1.165, 1.54) is 30.6 Å². The number of hydrazine groups is 1. The van der Waals surface area contributed by atoms with Crippen molar-refractivity contribution in [2.24, 2.45) is 0 Å². The van der Waals surface area contributed by atoms with Gasteiger partial charge in [0.25, 0.3) is 0 Å². The SMILES string of the molecule is Cc1nc(CO)sc1-c1ccnc(N(c2ccccc2)N2CCCCC2)n1. The van der Waals surface area contributed by atoms with Crippen LogP contribution in [0.5, 0.6) is 0 Å². The monoisotopic (exact) mass is 381 g/mol. The highest BCUT2D eigenvalue weighted by atomic mass is 32.1. The molecule has 1 aromatic carbocycles. The Kier molecular flexibility index (Phi) is 5.42. The second-order valence-electron chi connectivity index (χ2n) is 6.58. The lowest BCUT2D eigenvalue weighted by molar-refractivity contribution is 0.228. The predicted octanol–water partition coefficient (Wildman–Crippen LogP) is 3.94. The first-order chi connectivity index (χ1) is 13.3. The van der Waals surface area contributed by atoms with Crippen molar-refractivity contribution >= 4 is 23.0 Å². The van der Waals surface area contributed by atoms with Crippen LogP contribution in [-0.2, 0) is 6.61 Å². The van der Waals surface area contributed by atoms with Crippen molar-refractivity contribution in [2.45, 2.75) is 32.8 Å². The third-order valence-electron chi connectivity index (χ3n) is 4.66. The van der Waals surface area contributed by atoms with Gasteiger partial charge in [0.15, 0.2) is 0 Å². The van der Waals surface area contributed by atoms with Crippen molar-refractivity contribution in [1.29, 1.82) is 0 Å². The number of aliphatic hydroxyl groups excluding tert-OH is 1. The lowest BCUT2D eigenvalue weighted by Gasteiger charge is -2.37. The smallest absolute Gasteiger partial charge is 0.245 e. The summed E-state index contributed by atoms with van der Waals surface area (Å²) >= 11 is 1.48. The Hall–Kier alpha value is -2.35. The van der Waals surface area contributed by atoms with Crippen LogP contribution in [0.2, 0.25) is 0 Å². The fourth-order valence-corrected chi connectivity index (χ4v) is 4.28. The number of aromatic nitrogens is 3. The first kappa shape index (κ1) is 18.0. The minimum atomic E-state index is -0.0482. The van der Waals surface area contributed by atoms with E-state index in [0.717, 1.165) is 35.0 Å². The number of aliphatic hydroxyl groups is 1. The van der Waals surface area contributed by atoms with Crippen molar-refractivity contribution in [3.63, 3.8) is 0 Å². The molecule has 3 aromatic rings. The van der Waals surface area contributed by atoms with E-state index >= 15 is 0 Å². The molecule has 2 aromatic heterocycles. The molecule has 0 saturated carbocycles. The minimum Gasteiger partial charge on any atom is -0.389 e. The Labute approximate surface area is 163 Å². The van der Waals surface area contributed by atoms with E-state index in [0.29, 0.717) is 11.0 Å². The quantitative estimate of drug-likeness (QED) is 0.722. The van der Waals surface area contributed by atoms with Crippen molar-refractivity contribution in [3.05, 3.63) is 53.3 Å². The zero-order valence-electron chi connectivity index (χ0n) is 15.4. The number of para-hydroxylation sites is 1. The van der Waals surface area contributed by atoms with Crippen LogP contribution in [0, 0.1) is 6.92 Å². The molecule has 0 radical (unpaired) electrons. The molecular formula is C20H23N5OS. The Balaban J connectivity index is 1.75. The molecule has 0 spiro atoms. The molecule has 1 saturated heterocycles. The summed E-state index contributed by atoms with van der Waals surface area (Å²) in [5, 5.41) is 14.6. The molecule has 0 atom stereocenters. The summed E-state index contributed by atoms with van der Waals surface area (Å²) in [5.74, 6) is 0.666. The van der Waals surface area contributed by atoms with Crippen molar-refractivity contribution in [3.8, 4) is 10.6 Å². The maximum atomic E-state index is 9.38. The highest BCUT2D eigenvalue weighted by molar-refractivity contribution is 7.15. The number of thiazole rings is 1. The molecule has 1 N–H and O–H groups in total. The van der Waals surface area contributed by atoms with Crippen molar-refractivity contribution in [2.75, 3.05) is 18.1 Å². The van der Waals surface area contributed by atoms with Crippen LogP contribution >= 0.6 is 11.3 Å². The molecule has 4 rings (SSSR count). The number of rotatable bonds is 5. The van der Waals surface area contributed by atoms with Gasteiger partial charge in [-0.05, 0) is 38.0 Å². The van der Waals surface area contributed by atoms with Crippen LogP contribution in [0.1, 0.15) is 30.0 Å². The molecule has 0 bridgehead atoms. The minimum absolute atomic E-state index is 0.0482. The summed E-state index contributed by atoms with van der Waals surface area (Å²) in [5.41, 5.74) is 2.79. The molecule has 1 fully saturated rings. The third kappa shape index (κ3) is 3.85. The number of benzene rings is 1. The zero-order valence-corrected chi connectivity index (χ0v) is 16.2. The number of hydrogen-bond acceptors (Lipinski definition) is 7. The molecule has 1 aliphatic heterocycles. The van der Waals surface area contributed by atoms with Gasteiger partial charge in [0.1, 0.15) is 5.01 Å². The van der Waals surface area contributed by atoms with Gasteiger partial charge in [-0.2, -0.15) is 0 Å². The first-order valence-electron chi connectivity index (χ1n) is 9.27. The Morgan fingerprint density at radius 3 is 2.56 bits per heavy atom. The van der Waals surface area contributed by atoms with Gasteiger partial charge in [-0.3, -0.25) is 0 Å². The summed E-state index contributed by atoms with van der Waals surface area (Å²) in [6.07, 6.45) is 5.42. The van der Waals surface area contributed by atoms with Gasteiger partial charge in [-0.25, -0.2) is 25.0 Å². The predicted molar refractivity (Wildman–Crippen MR) is 108 cm³/mol. The summed E-state index contributed by atoms with van der Waals surface area (Å²) in [4.78, 5) is 14.8. The van der Waals surface area contributed by atoms with E-state index in [9.17, 15) is 5.11 Å². The van der Waals surface area contributed by atoms with Crippen LogP contribution in [-0.4, -0.2) is 38.2 Å². The molecule has 0 aliphatic carbocycles. The molecular weight excluding hydrogens is 358 g/mol. The summed E-state index contributed by atoms with van der Waals surface area (Å²) in [6, 6.07) is 12.2. The van der Waals surface area contributed by atoms with E-state index < -0.39 is 0 Å². The molecule has 0 unspecified atom stereocenters. The molecule has 6 nitrogen and oxygen atoms in total. The second-order valence-corrected chi connectivity index (χ2v) is 7.67. The van der Waals surface area contributed by atoms with E-state index in [2.05, 4.69) is 32.1 Å². The van der Waals surface area contributed by atoms with Gasteiger partial charge in [-0.1, -0.05) is 24.6 Å². The maximum Gasteiger partial charge on any atom is 0.245 e. The largest absolute Gasteiger partial charge is 0.389 e. The van der Waals surface area contributed by atoms with Crippen LogP contribution in [0.3, 0.4) is 0 Å². The van der Waals surface area contributed by atoms with Gasteiger partial charge < -0.3 is 5.11 Å². The molecule has 140 valence electrons. The second kappa shape index (κ2) is 8.12. The van der Waals surface area contributed by atoms with E-state index in [4.69, 9.17) is 4.98 Å². The molecule has 27 heavy (non-hydrogen) atoms. The maximum absolute atomic E-state index is 9.38. The topological polar surface area (TPSA) is 65.4 Å². The summed E-state index contributed by atoms with van der Waals surface area (Å²) in [6.45, 7) is 3.90. The first-order valence-corrected chi connectivity index (χ1v) is 10.1. The molecule has 1 aliphatic rings. The lowest BCUT2D eigenvalue weighted by atomic mass is 10.1. The highest BCUT2D eigenvalue weighted by Gasteiger charge is 2.23. The van der Waals surface area contributed by atoms with E-state index in [1.807, 2.05) is 31.2 Å². The lowest BCUT2D eigenvalue weighted by Crippen LogP contribution is -2.43. The Bertz CT molecular complexity index is 892. The van der Waals surface area contributed by atoms with E-state index in [-0.39, 0.29) is 6.61 Å². The zero-order chi connectivity index (χ0) is 18.6. The van der Waals surface area contributed by atoms with Crippen molar-refractivity contribution in [1.82, 2.24) is 20.0 Å². The van der Waals surface area contributed by atoms with Gasteiger partial charge in [0.05, 0.1) is 28.6 Å². The number of hydrogen-bond donors (Lipinski definition) is 1. The highest BCUT2D eigenvalue weighted by Crippen LogP contribution is 2.32. The number of aryl methyl sites for hydroxylation is 1. The number of nitrogens with zero attached hydrogens (tertiary/aromatic N) is 5. The fraction of sp³-hybridized carbons (Fsp3) is 0.350. The average molecular weight is 382 g/mol. The summed E-state index contributed by atoms with van der Waals surface area (Å²) < 4.78 is 0. The van der Waals surface area contributed by atoms with Gasteiger partial charge in [0, 0.05) is 19.3 Å². The van der Waals surface area contributed by atoms with Crippen LogP contribution in [0.4, 0.5) is 11.6 Å². The molecule has 0 amide bonds.